The third-order valence-electron chi connectivity index (χ3n) is 5.25. The monoisotopic (exact) mass is 366 g/mol. The highest BCUT2D eigenvalue weighted by Crippen LogP contribution is 2.31. The molecule has 2 unspecified atom stereocenters. The normalized spacial score (nSPS) is 19.5. The van der Waals surface area contributed by atoms with Gasteiger partial charge in [0.25, 0.3) is 0 Å². The Hall–Kier alpha value is -2.54. The zero-order chi connectivity index (χ0) is 18.8. The van der Waals surface area contributed by atoms with Crippen molar-refractivity contribution in [2.24, 2.45) is 0 Å². The van der Waals surface area contributed by atoms with Gasteiger partial charge in [-0.2, -0.15) is 10.1 Å². The molecule has 1 aliphatic rings. The molecule has 0 bridgehead atoms. The minimum Gasteiger partial charge on any atom is -0.338 e. The number of hydrogen-bond acceptors (Lipinski definition) is 6. The molecule has 0 radical (unpaired) electrons. The lowest BCUT2D eigenvalue weighted by Gasteiger charge is -2.34. The van der Waals surface area contributed by atoms with E-state index in [-0.39, 0.29) is 12.0 Å². The number of aromatic nitrogens is 5. The van der Waals surface area contributed by atoms with E-state index in [2.05, 4.69) is 46.0 Å². The maximum Gasteiger partial charge on any atom is 0.243 e. The Bertz CT molecular complexity index is 871. The first-order chi connectivity index (χ1) is 13.1. The van der Waals surface area contributed by atoms with Crippen molar-refractivity contribution in [3.63, 3.8) is 0 Å². The van der Waals surface area contributed by atoms with E-state index in [0.717, 1.165) is 49.0 Å². The molecule has 7 heteroatoms. The maximum atomic E-state index is 5.51. The van der Waals surface area contributed by atoms with Crippen molar-refractivity contribution in [1.82, 2.24) is 30.2 Å². The van der Waals surface area contributed by atoms with E-state index in [0.29, 0.717) is 11.8 Å². The molecule has 1 aliphatic heterocycles. The second-order valence-electron chi connectivity index (χ2n) is 7.57. The summed E-state index contributed by atoms with van der Waals surface area (Å²) in [7, 11) is 0. The molecule has 142 valence electrons. The second kappa shape index (κ2) is 7.60. The van der Waals surface area contributed by atoms with Gasteiger partial charge in [-0.15, -0.1) is 0 Å². The fraction of sp³-hybridized carbons (Fsp3) is 0.500. The first kappa shape index (κ1) is 17.9. The standard InChI is InChI=1S/C20H26N6O/c1-13(2)17-22-20(27-25-17)14(3)26-11-7-10-16(12-26)19-21-18(23-24-19)15-8-5-4-6-9-15/h4-6,8-9,13-14,16H,7,10-12H2,1-3H3,(H,21,23,24). The van der Waals surface area contributed by atoms with Gasteiger partial charge in [0.15, 0.2) is 11.6 Å². The van der Waals surface area contributed by atoms with Gasteiger partial charge in [0, 0.05) is 23.9 Å². The number of rotatable bonds is 5. The lowest BCUT2D eigenvalue weighted by Crippen LogP contribution is -2.36. The van der Waals surface area contributed by atoms with E-state index >= 15 is 0 Å². The predicted octanol–water partition coefficient (Wildman–Crippen LogP) is 3.92. The van der Waals surface area contributed by atoms with Gasteiger partial charge >= 0.3 is 0 Å². The fourth-order valence-corrected chi connectivity index (χ4v) is 3.56. The highest BCUT2D eigenvalue weighted by molar-refractivity contribution is 5.53. The van der Waals surface area contributed by atoms with Gasteiger partial charge in [-0.25, -0.2) is 4.98 Å². The van der Waals surface area contributed by atoms with Crippen LogP contribution in [-0.4, -0.2) is 43.3 Å². The minimum atomic E-state index is 0.101. The second-order valence-corrected chi connectivity index (χ2v) is 7.57. The molecule has 0 amide bonds. The van der Waals surface area contributed by atoms with Crippen molar-refractivity contribution < 1.29 is 4.52 Å². The number of H-pyrrole nitrogens is 1. The third-order valence-corrected chi connectivity index (χ3v) is 5.25. The maximum absolute atomic E-state index is 5.51. The molecular formula is C20H26N6O. The van der Waals surface area contributed by atoms with Crippen molar-refractivity contribution in [2.45, 2.75) is 51.5 Å². The van der Waals surface area contributed by atoms with Crippen LogP contribution in [-0.2, 0) is 0 Å². The van der Waals surface area contributed by atoms with Crippen molar-refractivity contribution in [3.8, 4) is 11.4 Å². The minimum absolute atomic E-state index is 0.101. The highest BCUT2D eigenvalue weighted by Gasteiger charge is 2.30. The summed E-state index contributed by atoms with van der Waals surface area (Å²) < 4.78 is 5.51. The molecule has 27 heavy (non-hydrogen) atoms. The number of benzene rings is 1. The quantitative estimate of drug-likeness (QED) is 0.737. The largest absolute Gasteiger partial charge is 0.338 e. The van der Waals surface area contributed by atoms with E-state index < -0.39 is 0 Å². The van der Waals surface area contributed by atoms with Crippen molar-refractivity contribution >= 4 is 0 Å². The zero-order valence-corrected chi connectivity index (χ0v) is 16.1. The summed E-state index contributed by atoms with van der Waals surface area (Å²) >= 11 is 0. The van der Waals surface area contributed by atoms with Crippen molar-refractivity contribution in [1.29, 1.82) is 0 Å². The van der Waals surface area contributed by atoms with E-state index in [9.17, 15) is 0 Å². The van der Waals surface area contributed by atoms with Crippen LogP contribution in [0.15, 0.2) is 34.9 Å². The van der Waals surface area contributed by atoms with Gasteiger partial charge in [-0.3, -0.25) is 10.00 Å². The SMILES string of the molecule is CC(C)c1noc(C(C)N2CCCC(c3nc(-c4ccccc4)n[nH]3)C2)n1. The van der Waals surface area contributed by atoms with Crippen LogP contribution in [0.5, 0.6) is 0 Å². The summed E-state index contributed by atoms with van der Waals surface area (Å²) in [6, 6.07) is 10.2. The van der Waals surface area contributed by atoms with Crippen LogP contribution < -0.4 is 0 Å². The number of aromatic amines is 1. The Morgan fingerprint density at radius 3 is 2.70 bits per heavy atom. The Balaban J connectivity index is 1.47. The molecule has 0 saturated carbocycles. The predicted molar refractivity (Wildman–Crippen MR) is 102 cm³/mol. The topological polar surface area (TPSA) is 83.7 Å². The summed E-state index contributed by atoms with van der Waals surface area (Å²) in [6.07, 6.45) is 2.22. The zero-order valence-electron chi connectivity index (χ0n) is 16.1. The molecule has 1 saturated heterocycles. The van der Waals surface area contributed by atoms with Crippen molar-refractivity contribution in [2.75, 3.05) is 13.1 Å². The van der Waals surface area contributed by atoms with Crippen LogP contribution in [0.1, 0.15) is 69.0 Å². The molecule has 3 aromatic rings. The Morgan fingerprint density at radius 2 is 1.96 bits per heavy atom. The molecule has 3 heterocycles. The summed E-state index contributed by atoms with van der Waals surface area (Å²) in [4.78, 5) is 11.7. The smallest absolute Gasteiger partial charge is 0.243 e. The van der Waals surface area contributed by atoms with Crippen LogP contribution in [0.4, 0.5) is 0 Å². The summed E-state index contributed by atoms with van der Waals surface area (Å²) in [5.41, 5.74) is 1.04. The number of nitrogens with zero attached hydrogens (tertiary/aromatic N) is 5. The molecule has 4 rings (SSSR count). The van der Waals surface area contributed by atoms with Gasteiger partial charge in [0.05, 0.1) is 6.04 Å². The molecule has 2 aromatic heterocycles. The highest BCUT2D eigenvalue weighted by atomic mass is 16.5. The lowest BCUT2D eigenvalue weighted by atomic mass is 9.96. The molecule has 1 N–H and O–H groups in total. The third kappa shape index (κ3) is 3.78. The van der Waals surface area contributed by atoms with Crippen LogP contribution in [0, 0.1) is 0 Å². The van der Waals surface area contributed by atoms with E-state index in [4.69, 9.17) is 9.51 Å². The average molecular weight is 366 g/mol. The average Bonchev–Trinajstić information content (AvgIpc) is 3.38. The Morgan fingerprint density at radius 1 is 1.15 bits per heavy atom. The van der Waals surface area contributed by atoms with Crippen molar-refractivity contribution in [3.05, 3.63) is 47.9 Å². The van der Waals surface area contributed by atoms with Crippen LogP contribution >= 0.6 is 0 Å². The molecule has 7 nitrogen and oxygen atoms in total. The molecule has 0 spiro atoms. The first-order valence-corrected chi connectivity index (χ1v) is 9.67. The Labute approximate surface area is 159 Å². The number of piperidine rings is 1. The number of nitrogens with one attached hydrogen (secondary N) is 1. The van der Waals surface area contributed by atoms with Gasteiger partial charge in [-0.05, 0) is 26.3 Å². The van der Waals surface area contributed by atoms with Gasteiger partial charge in [-0.1, -0.05) is 49.3 Å². The lowest BCUT2D eigenvalue weighted by molar-refractivity contribution is 0.131. The van der Waals surface area contributed by atoms with Crippen LogP contribution in [0.2, 0.25) is 0 Å². The van der Waals surface area contributed by atoms with Crippen LogP contribution in [0.25, 0.3) is 11.4 Å². The molecule has 1 aromatic carbocycles. The fourth-order valence-electron chi connectivity index (χ4n) is 3.56. The Kier molecular flexibility index (Phi) is 5.03. The van der Waals surface area contributed by atoms with E-state index in [1.54, 1.807) is 0 Å². The number of likely N-dealkylation sites (tertiary alicyclic amines) is 1. The van der Waals surface area contributed by atoms with Gasteiger partial charge in [0.2, 0.25) is 5.89 Å². The summed E-state index contributed by atoms with van der Waals surface area (Å²) in [5.74, 6) is 3.79. The van der Waals surface area contributed by atoms with E-state index in [1.165, 1.54) is 0 Å². The molecular weight excluding hydrogens is 340 g/mol. The van der Waals surface area contributed by atoms with Crippen LogP contribution in [0.3, 0.4) is 0 Å². The van der Waals surface area contributed by atoms with Gasteiger partial charge < -0.3 is 4.52 Å². The summed E-state index contributed by atoms with van der Waals surface area (Å²) in [6.45, 7) is 8.21. The first-order valence-electron chi connectivity index (χ1n) is 9.67. The molecule has 1 fully saturated rings. The molecule has 0 aliphatic carbocycles. The molecule has 2 atom stereocenters. The number of hydrogen-bond donors (Lipinski definition) is 1. The summed E-state index contributed by atoms with van der Waals surface area (Å²) in [5, 5.41) is 11.7. The van der Waals surface area contributed by atoms with Gasteiger partial charge in [0.1, 0.15) is 5.82 Å². The van der Waals surface area contributed by atoms with E-state index in [1.807, 2.05) is 30.3 Å².